The van der Waals surface area contributed by atoms with E-state index in [0.717, 1.165) is 0 Å². The van der Waals surface area contributed by atoms with Crippen LogP contribution in [-0.2, 0) is 6.18 Å². The summed E-state index contributed by atoms with van der Waals surface area (Å²) in [6, 6.07) is 0.538. The van der Waals surface area contributed by atoms with E-state index in [-0.39, 0.29) is 12.1 Å². The zero-order valence-electron chi connectivity index (χ0n) is 7.90. The van der Waals surface area contributed by atoms with Crippen molar-refractivity contribution in [2.24, 2.45) is 0 Å². The first-order chi connectivity index (χ1) is 7.53. The fourth-order valence-electron chi connectivity index (χ4n) is 1.19. The number of halogens is 7. The number of aliphatic hydroxyl groups excluding tert-OH is 1. The number of benzene rings is 1. The van der Waals surface area contributed by atoms with Gasteiger partial charge in [-0.25, -0.2) is 4.39 Å². The second kappa shape index (κ2) is 4.17. The van der Waals surface area contributed by atoms with Crippen molar-refractivity contribution in [1.82, 2.24) is 0 Å². The van der Waals surface area contributed by atoms with E-state index in [9.17, 15) is 30.7 Å². The third-order valence-electron chi connectivity index (χ3n) is 1.92. The van der Waals surface area contributed by atoms with E-state index in [1.54, 1.807) is 0 Å². The summed E-state index contributed by atoms with van der Waals surface area (Å²) < 4.78 is 85.9. The Morgan fingerprint density at radius 2 is 1.53 bits per heavy atom. The fourth-order valence-corrected chi connectivity index (χ4v) is 1.19. The van der Waals surface area contributed by atoms with Crippen molar-refractivity contribution in [2.45, 2.75) is 18.5 Å². The third-order valence-corrected chi connectivity index (χ3v) is 1.92. The zero-order valence-corrected chi connectivity index (χ0v) is 7.90. The van der Waals surface area contributed by atoms with Gasteiger partial charge in [-0.2, -0.15) is 26.3 Å². The summed E-state index contributed by atoms with van der Waals surface area (Å²) in [5, 5.41) is 8.73. The fraction of sp³-hybridized carbons (Fsp3) is 0.333. The summed E-state index contributed by atoms with van der Waals surface area (Å²) >= 11 is 0. The average molecular weight is 262 g/mol. The molecular weight excluding hydrogens is 257 g/mol. The lowest BCUT2D eigenvalue weighted by molar-refractivity contribution is -0.209. The van der Waals surface area contributed by atoms with Crippen LogP contribution < -0.4 is 0 Å². The van der Waals surface area contributed by atoms with Crippen LogP contribution in [0.2, 0.25) is 0 Å². The van der Waals surface area contributed by atoms with Crippen LogP contribution in [-0.4, -0.2) is 11.3 Å². The predicted octanol–water partition coefficient (Wildman–Crippen LogP) is 3.44. The molecule has 1 atom stereocenters. The van der Waals surface area contributed by atoms with Gasteiger partial charge in [0.05, 0.1) is 5.56 Å². The van der Waals surface area contributed by atoms with Crippen LogP contribution in [0, 0.1) is 5.82 Å². The van der Waals surface area contributed by atoms with Crippen LogP contribution in [0.25, 0.3) is 0 Å². The van der Waals surface area contributed by atoms with E-state index in [1.165, 1.54) is 0 Å². The molecule has 1 N–H and O–H groups in total. The van der Waals surface area contributed by atoms with Gasteiger partial charge in [-0.05, 0) is 18.2 Å². The molecule has 0 heterocycles. The normalized spacial score (nSPS) is 14.8. The first-order valence-electron chi connectivity index (χ1n) is 4.15. The first kappa shape index (κ1) is 13.8. The molecule has 0 spiro atoms. The second-order valence-electron chi connectivity index (χ2n) is 3.17. The molecule has 0 bridgehead atoms. The van der Waals surface area contributed by atoms with Crippen LogP contribution in [0.1, 0.15) is 17.2 Å². The first-order valence-corrected chi connectivity index (χ1v) is 4.15. The van der Waals surface area contributed by atoms with Gasteiger partial charge in [-0.1, -0.05) is 0 Å². The zero-order chi connectivity index (χ0) is 13.4. The minimum absolute atomic E-state index is 0.0149. The summed E-state index contributed by atoms with van der Waals surface area (Å²) in [6.07, 6.45) is -13.8. The maximum atomic E-state index is 12.6. The van der Waals surface area contributed by atoms with Gasteiger partial charge in [0, 0.05) is 5.56 Å². The molecule has 0 aliphatic rings. The molecule has 96 valence electrons. The van der Waals surface area contributed by atoms with Gasteiger partial charge < -0.3 is 5.11 Å². The molecule has 0 unspecified atom stereocenters. The number of hydrogen-bond acceptors (Lipinski definition) is 1. The van der Waals surface area contributed by atoms with E-state index in [4.69, 9.17) is 5.11 Å². The van der Waals surface area contributed by atoms with Gasteiger partial charge in [0.15, 0.2) is 6.10 Å². The number of rotatable bonds is 1. The van der Waals surface area contributed by atoms with Gasteiger partial charge in [-0.15, -0.1) is 0 Å². The minimum Gasteiger partial charge on any atom is -0.379 e. The molecule has 0 aromatic heterocycles. The van der Waals surface area contributed by atoms with Crippen molar-refractivity contribution >= 4 is 0 Å². The van der Waals surface area contributed by atoms with Gasteiger partial charge in [0.1, 0.15) is 5.82 Å². The van der Waals surface area contributed by atoms with Crippen molar-refractivity contribution in [1.29, 1.82) is 0 Å². The van der Waals surface area contributed by atoms with Gasteiger partial charge in [0.25, 0.3) is 0 Å². The number of alkyl halides is 6. The van der Waals surface area contributed by atoms with Crippen LogP contribution >= 0.6 is 0 Å². The molecule has 1 nitrogen and oxygen atoms in total. The molecule has 0 aliphatic heterocycles. The maximum Gasteiger partial charge on any atom is 0.418 e. The molecule has 0 aliphatic carbocycles. The Bertz CT molecular complexity index is 407. The lowest BCUT2D eigenvalue weighted by Crippen LogP contribution is -2.23. The molecular formula is C9H5F7O. The molecule has 8 heteroatoms. The molecule has 0 saturated carbocycles. The monoisotopic (exact) mass is 262 g/mol. The third kappa shape index (κ3) is 3.09. The molecule has 0 radical (unpaired) electrons. The molecule has 17 heavy (non-hydrogen) atoms. The van der Waals surface area contributed by atoms with Crippen molar-refractivity contribution in [2.75, 3.05) is 0 Å². The second-order valence-corrected chi connectivity index (χ2v) is 3.17. The Hall–Kier alpha value is -1.31. The quantitative estimate of drug-likeness (QED) is 0.768. The Kier molecular flexibility index (Phi) is 3.37. The van der Waals surface area contributed by atoms with Crippen LogP contribution in [0.3, 0.4) is 0 Å². The highest BCUT2D eigenvalue weighted by molar-refractivity contribution is 5.33. The van der Waals surface area contributed by atoms with E-state index in [0.29, 0.717) is 6.07 Å². The summed E-state index contributed by atoms with van der Waals surface area (Å²) in [6.45, 7) is 0. The number of aliphatic hydroxyl groups is 1. The lowest BCUT2D eigenvalue weighted by Gasteiger charge is -2.19. The Morgan fingerprint density at radius 1 is 1.00 bits per heavy atom. The van der Waals surface area contributed by atoms with Crippen LogP contribution in [0.5, 0.6) is 0 Å². The molecule has 0 fully saturated rings. The highest BCUT2D eigenvalue weighted by Crippen LogP contribution is 2.40. The van der Waals surface area contributed by atoms with E-state index < -0.39 is 35.4 Å². The van der Waals surface area contributed by atoms with Crippen molar-refractivity contribution in [3.8, 4) is 0 Å². The van der Waals surface area contributed by atoms with Crippen molar-refractivity contribution in [3.05, 3.63) is 35.1 Å². The highest BCUT2D eigenvalue weighted by Gasteiger charge is 2.44. The van der Waals surface area contributed by atoms with E-state index in [1.807, 2.05) is 0 Å². The smallest absolute Gasteiger partial charge is 0.379 e. The van der Waals surface area contributed by atoms with Gasteiger partial charge >= 0.3 is 12.4 Å². The maximum absolute atomic E-state index is 12.6. The molecule has 1 aromatic rings. The summed E-state index contributed by atoms with van der Waals surface area (Å²) in [5.41, 5.74) is -3.27. The van der Waals surface area contributed by atoms with E-state index >= 15 is 0 Å². The Morgan fingerprint density at radius 3 is 1.94 bits per heavy atom. The molecule has 0 saturated heterocycles. The average Bonchev–Trinajstić information content (AvgIpc) is 2.13. The minimum atomic E-state index is -5.30. The Balaban J connectivity index is 3.35. The SMILES string of the molecule is O[C@H](c1cc(F)ccc1C(F)(F)F)C(F)(F)F. The summed E-state index contributed by atoms with van der Waals surface area (Å²) in [4.78, 5) is 0. The molecule has 1 aromatic carbocycles. The summed E-state index contributed by atoms with van der Waals surface area (Å²) in [5.74, 6) is -1.30. The van der Waals surface area contributed by atoms with Crippen LogP contribution in [0.4, 0.5) is 30.7 Å². The number of hydrogen-bond donors (Lipinski definition) is 1. The van der Waals surface area contributed by atoms with Crippen molar-refractivity contribution in [3.63, 3.8) is 0 Å². The molecule has 1 rings (SSSR count). The predicted molar refractivity (Wildman–Crippen MR) is 42.4 cm³/mol. The van der Waals surface area contributed by atoms with E-state index in [2.05, 4.69) is 0 Å². The van der Waals surface area contributed by atoms with Gasteiger partial charge in [-0.3, -0.25) is 0 Å². The topological polar surface area (TPSA) is 20.2 Å². The Labute approximate surface area is 90.5 Å². The standard InChI is InChI=1S/C9H5F7O/c10-4-1-2-6(8(11,12)13)5(3-4)7(17)9(14,15)16/h1-3,7,17H/t7-/m1/s1. The highest BCUT2D eigenvalue weighted by atomic mass is 19.4. The molecule has 0 amide bonds. The van der Waals surface area contributed by atoms with Crippen LogP contribution in [0.15, 0.2) is 18.2 Å². The summed E-state index contributed by atoms with van der Waals surface area (Å²) in [7, 11) is 0. The van der Waals surface area contributed by atoms with Crippen molar-refractivity contribution < 1.29 is 35.8 Å². The largest absolute Gasteiger partial charge is 0.418 e. The lowest BCUT2D eigenvalue weighted by atomic mass is 10.0. The van der Waals surface area contributed by atoms with Gasteiger partial charge in [0.2, 0.25) is 0 Å².